The first-order valence-electron chi connectivity index (χ1n) is 8.63. The number of likely N-dealkylation sites (tertiary alicyclic amines) is 1. The minimum absolute atomic E-state index is 0.0964. The molecule has 25 heavy (non-hydrogen) atoms. The summed E-state index contributed by atoms with van der Waals surface area (Å²) in [5.74, 6) is 0.0320. The molecule has 6 nitrogen and oxygen atoms in total. The Morgan fingerprint density at radius 2 is 2.08 bits per heavy atom. The lowest BCUT2D eigenvalue weighted by Crippen LogP contribution is -2.44. The number of hydrogen-bond acceptors (Lipinski definition) is 3. The number of benzene rings is 1. The number of likely N-dealkylation sites (N-methyl/N-ethyl adjacent to an activating group) is 1. The van der Waals surface area contributed by atoms with Crippen molar-refractivity contribution in [2.45, 2.75) is 19.3 Å². The summed E-state index contributed by atoms with van der Waals surface area (Å²) < 4.78 is 0. The number of rotatable bonds is 7. The van der Waals surface area contributed by atoms with Gasteiger partial charge in [0.1, 0.15) is 6.54 Å². The third-order valence-corrected chi connectivity index (χ3v) is 4.91. The molecule has 2 rings (SSSR count). The van der Waals surface area contributed by atoms with Crippen LogP contribution in [0.4, 0.5) is 4.79 Å². The lowest BCUT2D eigenvalue weighted by molar-refractivity contribution is -0.121. The fourth-order valence-electron chi connectivity index (χ4n) is 3.15. The molecule has 0 aromatic heterocycles. The van der Waals surface area contributed by atoms with Crippen molar-refractivity contribution in [3.8, 4) is 0 Å². The average molecular weight is 368 g/mol. The van der Waals surface area contributed by atoms with Gasteiger partial charge >= 0.3 is 6.09 Å². The van der Waals surface area contributed by atoms with Crippen LogP contribution in [-0.4, -0.2) is 66.7 Å². The minimum atomic E-state index is -1.04. The summed E-state index contributed by atoms with van der Waals surface area (Å²) in [6.07, 6.45) is 1.83. The van der Waals surface area contributed by atoms with Gasteiger partial charge in [-0.05, 0) is 56.0 Å². The van der Waals surface area contributed by atoms with Crippen molar-refractivity contribution in [2.75, 3.05) is 39.8 Å². The Morgan fingerprint density at radius 1 is 1.36 bits per heavy atom. The smallest absolute Gasteiger partial charge is 0.407 e. The molecule has 138 valence electrons. The molecule has 0 radical (unpaired) electrons. The van der Waals surface area contributed by atoms with E-state index in [2.05, 4.69) is 16.3 Å². The summed E-state index contributed by atoms with van der Waals surface area (Å²) in [5, 5.41) is 12.5. The number of amides is 2. The van der Waals surface area contributed by atoms with Crippen LogP contribution in [0.5, 0.6) is 0 Å². The Labute approximate surface area is 153 Å². The molecule has 7 heteroatoms. The van der Waals surface area contributed by atoms with Crippen molar-refractivity contribution in [1.82, 2.24) is 15.1 Å². The van der Waals surface area contributed by atoms with Crippen LogP contribution in [0.25, 0.3) is 0 Å². The van der Waals surface area contributed by atoms with Gasteiger partial charge in [0, 0.05) is 25.2 Å². The van der Waals surface area contributed by atoms with Gasteiger partial charge in [0.2, 0.25) is 5.91 Å². The molecule has 2 amide bonds. The summed E-state index contributed by atoms with van der Waals surface area (Å²) in [6.45, 7) is 3.22. The largest absolute Gasteiger partial charge is 0.465 e. The van der Waals surface area contributed by atoms with Crippen molar-refractivity contribution in [2.24, 2.45) is 5.92 Å². The highest BCUT2D eigenvalue weighted by Crippen LogP contribution is 2.19. The molecule has 0 saturated carbocycles. The second-order valence-electron chi connectivity index (χ2n) is 6.50. The highest BCUT2D eigenvalue weighted by molar-refractivity contribution is 6.30. The standard InChI is InChI=1S/C18H26ClN3O3/c1-20-17(23)13-22(18(24)25)12-15-6-9-21(10-7-15)8-5-14-3-2-4-16(19)11-14/h2-4,11,15H,5-10,12-13H2,1H3,(H,20,23)(H,24,25). The molecule has 0 spiro atoms. The van der Waals surface area contributed by atoms with E-state index in [0.717, 1.165) is 43.9 Å². The molecule has 1 aliphatic heterocycles. The van der Waals surface area contributed by atoms with Gasteiger partial charge in [-0.15, -0.1) is 0 Å². The Hall–Kier alpha value is -1.79. The van der Waals surface area contributed by atoms with Gasteiger partial charge in [-0.2, -0.15) is 0 Å². The average Bonchev–Trinajstić information content (AvgIpc) is 2.60. The zero-order valence-corrected chi connectivity index (χ0v) is 15.3. The van der Waals surface area contributed by atoms with Gasteiger partial charge in [-0.1, -0.05) is 23.7 Å². The molecule has 1 aliphatic rings. The van der Waals surface area contributed by atoms with Crippen LogP contribution in [0.2, 0.25) is 5.02 Å². The molecule has 1 fully saturated rings. The molecule has 1 aromatic rings. The Kier molecular flexibility index (Phi) is 7.52. The van der Waals surface area contributed by atoms with Crippen molar-refractivity contribution in [3.63, 3.8) is 0 Å². The van der Waals surface area contributed by atoms with E-state index < -0.39 is 6.09 Å². The third kappa shape index (κ3) is 6.55. The number of nitrogens with zero attached hydrogens (tertiary/aromatic N) is 2. The van der Waals surface area contributed by atoms with Crippen LogP contribution in [-0.2, 0) is 11.2 Å². The molecule has 0 unspecified atom stereocenters. The fourth-order valence-corrected chi connectivity index (χ4v) is 3.36. The predicted octanol–water partition coefficient (Wildman–Crippen LogP) is 2.32. The predicted molar refractivity (Wildman–Crippen MR) is 98.0 cm³/mol. The second-order valence-corrected chi connectivity index (χ2v) is 6.94. The zero-order chi connectivity index (χ0) is 18.2. The quantitative estimate of drug-likeness (QED) is 0.775. The highest BCUT2D eigenvalue weighted by Gasteiger charge is 2.24. The van der Waals surface area contributed by atoms with E-state index in [-0.39, 0.29) is 12.5 Å². The van der Waals surface area contributed by atoms with Crippen LogP contribution in [0.15, 0.2) is 24.3 Å². The summed E-state index contributed by atoms with van der Waals surface area (Å²) >= 11 is 6.01. The van der Waals surface area contributed by atoms with E-state index in [9.17, 15) is 14.7 Å². The number of carboxylic acid groups (broad SMARTS) is 1. The van der Waals surface area contributed by atoms with Crippen LogP contribution in [0.3, 0.4) is 0 Å². The molecule has 1 heterocycles. The van der Waals surface area contributed by atoms with E-state index in [1.807, 2.05) is 18.2 Å². The minimum Gasteiger partial charge on any atom is -0.465 e. The molecule has 1 aromatic carbocycles. The van der Waals surface area contributed by atoms with E-state index in [1.165, 1.54) is 17.5 Å². The summed E-state index contributed by atoms with van der Waals surface area (Å²) in [6, 6.07) is 7.93. The first-order valence-corrected chi connectivity index (χ1v) is 9.01. The normalized spacial score (nSPS) is 15.8. The van der Waals surface area contributed by atoms with Crippen LogP contribution < -0.4 is 5.32 Å². The van der Waals surface area contributed by atoms with E-state index in [0.29, 0.717) is 12.5 Å². The van der Waals surface area contributed by atoms with E-state index in [4.69, 9.17) is 11.6 Å². The van der Waals surface area contributed by atoms with Crippen molar-refractivity contribution in [3.05, 3.63) is 34.9 Å². The van der Waals surface area contributed by atoms with Gasteiger partial charge in [-0.3, -0.25) is 9.69 Å². The third-order valence-electron chi connectivity index (χ3n) is 4.68. The van der Waals surface area contributed by atoms with Gasteiger partial charge in [0.25, 0.3) is 0 Å². The maximum absolute atomic E-state index is 11.4. The SMILES string of the molecule is CNC(=O)CN(CC1CCN(CCc2cccc(Cl)c2)CC1)C(=O)O. The maximum Gasteiger partial charge on any atom is 0.407 e. The lowest BCUT2D eigenvalue weighted by Gasteiger charge is -2.34. The van der Waals surface area contributed by atoms with E-state index in [1.54, 1.807) is 0 Å². The molecule has 1 saturated heterocycles. The first-order chi connectivity index (χ1) is 12.0. The molecule has 0 atom stereocenters. The maximum atomic E-state index is 11.4. The lowest BCUT2D eigenvalue weighted by atomic mass is 9.96. The van der Waals surface area contributed by atoms with Crippen molar-refractivity contribution in [1.29, 1.82) is 0 Å². The topological polar surface area (TPSA) is 72.9 Å². The van der Waals surface area contributed by atoms with Crippen molar-refractivity contribution >= 4 is 23.6 Å². The number of halogens is 1. The number of piperidine rings is 1. The highest BCUT2D eigenvalue weighted by atomic mass is 35.5. The number of nitrogens with one attached hydrogen (secondary N) is 1. The van der Waals surface area contributed by atoms with Crippen LogP contribution in [0.1, 0.15) is 18.4 Å². The number of carbonyl (C=O) groups excluding carboxylic acids is 1. The first kappa shape index (κ1) is 19.5. The van der Waals surface area contributed by atoms with Crippen LogP contribution in [0, 0.1) is 5.92 Å². The summed E-state index contributed by atoms with van der Waals surface area (Å²) in [4.78, 5) is 26.3. The fraction of sp³-hybridized carbons (Fsp3) is 0.556. The zero-order valence-electron chi connectivity index (χ0n) is 14.6. The van der Waals surface area contributed by atoms with Gasteiger partial charge in [0.05, 0.1) is 0 Å². The Bertz CT molecular complexity index is 589. The van der Waals surface area contributed by atoms with Gasteiger partial charge in [0.15, 0.2) is 0 Å². The van der Waals surface area contributed by atoms with Gasteiger partial charge < -0.3 is 15.3 Å². The molecule has 0 bridgehead atoms. The number of carbonyl (C=O) groups is 2. The second kappa shape index (κ2) is 9.63. The summed E-state index contributed by atoms with van der Waals surface area (Å²) in [7, 11) is 1.51. The van der Waals surface area contributed by atoms with Crippen LogP contribution >= 0.6 is 11.6 Å². The van der Waals surface area contributed by atoms with Crippen molar-refractivity contribution < 1.29 is 14.7 Å². The number of hydrogen-bond donors (Lipinski definition) is 2. The molecule has 2 N–H and O–H groups in total. The van der Waals surface area contributed by atoms with Gasteiger partial charge in [-0.25, -0.2) is 4.79 Å². The molecular weight excluding hydrogens is 342 g/mol. The van der Waals surface area contributed by atoms with E-state index >= 15 is 0 Å². The Balaban J connectivity index is 1.74. The molecular formula is C18H26ClN3O3. The monoisotopic (exact) mass is 367 g/mol. The molecule has 0 aliphatic carbocycles. The summed E-state index contributed by atoms with van der Waals surface area (Å²) in [5.41, 5.74) is 1.23. The Morgan fingerprint density at radius 3 is 2.68 bits per heavy atom.